The number of urea groups is 5. The molecule has 0 aliphatic carbocycles. The van der Waals surface area contributed by atoms with Gasteiger partial charge >= 0.3 is 30.2 Å². The first kappa shape index (κ1) is 104. The monoisotopic (exact) mass is 2210 g/mol. The third-order valence-corrected chi connectivity index (χ3v) is 26.8. The van der Waals surface area contributed by atoms with Gasteiger partial charge in [0.1, 0.15) is 27.7 Å². The van der Waals surface area contributed by atoms with Crippen molar-refractivity contribution in [3.05, 3.63) is 353 Å². The maximum Gasteiger partial charge on any atom is 0.339 e. The molecule has 0 saturated carbocycles. The van der Waals surface area contributed by atoms with E-state index in [9.17, 15) is 52.7 Å². The quantitative estimate of drug-likeness (QED) is 0.0804. The zero-order valence-corrected chi connectivity index (χ0v) is 85.1. The number of amides is 16. The molecule has 12 aromatic rings. The van der Waals surface area contributed by atoms with Gasteiger partial charge in [0.05, 0.1) is 28.4 Å². The third-order valence-electron chi connectivity index (χ3n) is 23.1. The summed E-state index contributed by atoms with van der Waals surface area (Å²) in [5.41, 5.74) is 4.91. The fourth-order valence-electron chi connectivity index (χ4n) is 16.0. The molecule has 16 amide bonds. The van der Waals surface area contributed by atoms with Crippen LogP contribution in [0.3, 0.4) is 0 Å². The van der Waals surface area contributed by atoms with Crippen LogP contribution in [0.1, 0.15) is 76.8 Å². The van der Waals surface area contributed by atoms with Gasteiger partial charge in [0, 0.05) is 142 Å². The molecule has 5 aliphatic rings. The number of imide groups is 6. The summed E-state index contributed by atoms with van der Waals surface area (Å²) in [4.78, 5) is 159. The van der Waals surface area contributed by atoms with Gasteiger partial charge in [0.15, 0.2) is 0 Å². The number of pyridine rings is 2. The second kappa shape index (κ2) is 43.1. The van der Waals surface area contributed by atoms with Crippen LogP contribution in [0.4, 0.5) is 52.4 Å². The molecule has 7 heterocycles. The van der Waals surface area contributed by atoms with Gasteiger partial charge in [-0.2, -0.15) is 0 Å². The molecule has 2 aromatic heterocycles. The van der Waals surface area contributed by atoms with Crippen LogP contribution >= 0.6 is 164 Å². The van der Waals surface area contributed by atoms with Gasteiger partial charge in [-0.05, 0) is 224 Å². The predicted molar refractivity (Wildman–Crippen MR) is 550 cm³/mol. The summed E-state index contributed by atoms with van der Waals surface area (Å²) in [6, 6.07) is 66.7. The molecule has 36 heteroatoms. The molecular weight excluding hydrogens is 2140 g/mol. The Labute approximate surface area is 860 Å². The zero-order chi connectivity index (χ0) is 97.8. The lowest BCUT2D eigenvalue weighted by atomic mass is 9.90. The van der Waals surface area contributed by atoms with E-state index in [0.717, 1.165) is 92.9 Å². The number of carbonyl (C=O) groups is 11. The number of hydrogen-bond acceptors (Lipinski definition) is 13. The van der Waals surface area contributed by atoms with E-state index in [1.54, 1.807) is 134 Å². The lowest BCUT2D eigenvalue weighted by Crippen LogP contribution is -2.51. The van der Waals surface area contributed by atoms with E-state index in [1.165, 1.54) is 47.1 Å². The van der Waals surface area contributed by atoms with Crippen molar-refractivity contribution in [1.29, 1.82) is 0 Å². The van der Waals surface area contributed by atoms with Gasteiger partial charge < -0.3 is 20.4 Å². The van der Waals surface area contributed by atoms with Crippen LogP contribution in [0, 0.1) is 0 Å². The number of nitrogens with one attached hydrogen (secondary N) is 2. The zero-order valence-electron chi connectivity index (χ0n) is 72.7. The Bertz CT molecular complexity index is 6580. The normalized spacial score (nSPS) is 19.5. The number of anilines is 5. The Kier molecular flexibility index (Phi) is 33.0. The van der Waals surface area contributed by atoms with E-state index >= 15 is 0 Å². The molecule has 5 atom stereocenters. The minimum absolute atomic E-state index is 0. The van der Waals surface area contributed by atoms with E-state index in [-0.39, 0.29) is 53.2 Å². The number of benzene rings is 10. The van der Waals surface area contributed by atoms with Crippen LogP contribution in [0.25, 0.3) is 22.3 Å². The largest absolute Gasteiger partial charge is 0.339 e. The molecule has 5 aliphatic heterocycles. The number of hydrogen-bond donors (Lipinski definition) is 2. The molecule has 23 nitrogen and oxygen atoms in total. The fourth-order valence-corrected chi connectivity index (χ4v) is 19.4. The van der Waals surface area contributed by atoms with E-state index in [4.69, 9.17) is 116 Å². The topological polar surface area (TPSA) is 264 Å². The van der Waals surface area contributed by atoms with Crippen LogP contribution < -0.4 is 35.1 Å². The number of nitrogens with zero attached hydrogens (tertiary/aromatic N) is 10. The maximum atomic E-state index is 13.3. The number of halogens is 13. The molecule has 136 heavy (non-hydrogen) atoms. The third kappa shape index (κ3) is 23.1. The molecule has 2 N–H and O–H groups in total. The highest BCUT2D eigenvalue weighted by Crippen LogP contribution is 2.43. The van der Waals surface area contributed by atoms with Crippen molar-refractivity contribution in [1.82, 2.24) is 35.3 Å². The highest BCUT2D eigenvalue weighted by molar-refractivity contribution is 9.11. The van der Waals surface area contributed by atoms with Crippen molar-refractivity contribution in [2.24, 2.45) is 0 Å². The van der Waals surface area contributed by atoms with Gasteiger partial charge in [-0.1, -0.05) is 268 Å². The van der Waals surface area contributed by atoms with E-state index in [2.05, 4.69) is 68.4 Å². The van der Waals surface area contributed by atoms with Gasteiger partial charge in [-0.15, -0.1) is 0 Å². The van der Waals surface area contributed by atoms with Crippen molar-refractivity contribution in [2.75, 3.05) is 38.6 Å². The van der Waals surface area contributed by atoms with Crippen molar-refractivity contribution in [3.63, 3.8) is 0 Å². The molecule has 0 radical (unpaired) electrons. The standard InChI is InChI=1S/C23H19Cl2N3O2.C22H17Cl2N3O2.C19H15BrCl2N2O3.C18H15BrCl2N2O2.C17H13BrCl2N2O2.CH4/c1-23(13-15-5-7-16(8-6-15)17-4-3-9-26-14-17)21(29)28(22(30)27(23)2)20-11-18(24)10-19(25)12-20;1-22(12-14-4-6-15(7-5-14)16-3-2-8-25-13-16)20(28)27(21(29)26-22)19-10-17(23)9-18(24)11-19;1-11(25)24-18(27)23(16-8-14(21)7-15(22)9-16)17(26)19(24,2)10-12-3-5-13(20)6-4-12;1-18(10-11-3-5-12(19)6-4-11)16(24)23(17(25)22(18)2)15-8-13(20)7-14(21)9-15;1-17(9-10-2-4-11(18)5-3-10)15(23)22(16(24)21-17)14-7-12(19)6-13(20)8-14;/h3-12,14H,13H2,1-2H3;2-11,13H,12H2,1H3,(H,26,29);3-9H,10H2,1-2H3;3-9H,10H2,1-2H3;2-8H,9H2,1H3,(H,21,24);1H4/t23-;22-;19-;18-;17-;/m11111./s1. The Hall–Kier alpha value is -10.8. The average Bonchev–Trinajstić information content (AvgIpc) is 1.57. The summed E-state index contributed by atoms with van der Waals surface area (Å²) >= 11 is 70.4. The Morgan fingerprint density at radius 1 is 0.309 bits per heavy atom. The maximum absolute atomic E-state index is 13.3. The first-order valence-corrected chi connectivity index (χ1v) is 47.2. The Morgan fingerprint density at radius 3 is 0.801 bits per heavy atom. The molecule has 10 aromatic carbocycles. The summed E-state index contributed by atoms with van der Waals surface area (Å²) < 4.78 is 2.80. The van der Waals surface area contributed by atoms with Crippen molar-refractivity contribution in [3.8, 4) is 22.3 Å². The highest BCUT2D eigenvalue weighted by Gasteiger charge is 2.58. The summed E-state index contributed by atoms with van der Waals surface area (Å²) in [6.07, 6.45) is 8.78. The van der Waals surface area contributed by atoms with Gasteiger partial charge in [0.2, 0.25) is 5.91 Å². The second-order valence-corrected chi connectivity index (χ2v) is 40.3. The summed E-state index contributed by atoms with van der Waals surface area (Å²) in [7, 11) is 3.27. The van der Waals surface area contributed by atoms with E-state index in [1.807, 2.05) is 146 Å². The summed E-state index contributed by atoms with van der Waals surface area (Å²) in [5.74, 6) is -2.33. The number of likely N-dealkylation sites (N-methyl/N-ethyl adjacent to an activating group) is 2. The van der Waals surface area contributed by atoms with Crippen LogP contribution in [0.5, 0.6) is 0 Å². The van der Waals surface area contributed by atoms with Gasteiger partial charge in [-0.3, -0.25) is 38.7 Å². The first-order valence-electron chi connectivity index (χ1n) is 41.1. The minimum Gasteiger partial charge on any atom is -0.323 e. The fraction of sp³-hybridized carbons (Fsp3) is 0.190. The molecule has 0 unspecified atom stereocenters. The number of aromatic nitrogens is 2. The SMILES string of the molecule is C.CC(=O)N1C(=O)N(c2cc(Cl)cc(Cl)c2)C(=O)[C@@]1(C)Cc1ccc(Br)cc1.CN1C(=O)N(c2cc(Cl)cc(Cl)c2)C(=O)[C@@]1(C)Cc1ccc(-c2cccnc2)cc1.CN1C(=O)N(c2cc(Cl)cc(Cl)c2)C(=O)[C@@]1(C)Cc1ccc(Br)cc1.C[C@]1(Cc2ccc(-c3cccnc3)cc2)NC(=O)N(c2cc(Cl)cc(Cl)c2)C1=O.C[C@]1(Cc2ccc(Br)cc2)NC(=O)N(c2cc(Cl)cc(Cl)c2)C1=O. The minimum atomic E-state index is -1.36. The van der Waals surface area contributed by atoms with E-state index in [0.29, 0.717) is 88.6 Å². The van der Waals surface area contributed by atoms with E-state index < -0.39 is 69.7 Å². The van der Waals surface area contributed by atoms with Crippen LogP contribution in [-0.4, -0.2) is 132 Å². The Morgan fingerprint density at radius 2 is 0.544 bits per heavy atom. The van der Waals surface area contributed by atoms with Crippen molar-refractivity contribution >= 4 is 258 Å². The Balaban J connectivity index is 0.000000153. The first-order chi connectivity index (χ1) is 63.8. The lowest BCUT2D eigenvalue weighted by molar-refractivity contribution is -0.135. The molecule has 700 valence electrons. The summed E-state index contributed by atoms with van der Waals surface area (Å²) in [6.45, 7) is 9.81. The average molecular weight is 2220 g/mol. The van der Waals surface area contributed by atoms with Crippen LogP contribution in [0.2, 0.25) is 50.2 Å². The number of rotatable bonds is 17. The molecule has 5 saturated heterocycles. The van der Waals surface area contributed by atoms with Crippen LogP contribution in [-0.2, 0) is 60.9 Å². The molecule has 17 rings (SSSR count). The second-order valence-electron chi connectivity index (χ2n) is 33.1. The van der Waals surface area contributed by atoms with Crippen molar-refractivity contribution < 1.29 is 52.7 Å². The highest BCUT2D eigenvalue weighted by atomic mass is 79.9. The lowest BCUT2D eigenvalue weighted by Gasteiger charge is -2.29. The molecule has 0 spiro atoms. The summed E-state index contributed by atoms with van der Waals surface area (Å²) in [5, 5.41) is 9.03. The number of carbonyl (C=O) groups excluding carboxylic acids is 11. The van der Waals surface area contributed by atoms with Gasteiger partial charge in [-0.25, -0.2) is 53.4 Å². The van der Waals surface area contributed by atoms with Crippen LogP contribution in [0.15, 0.2) is 275 Å². The smallest absolute Gasteiger partial charge is 0.323 e. The van der Waals surface area contributed by atoms with Gasteiger partial charge in [0.25, 0.3) is 29.5 Å². The predicted octanol–water partition coefficient (Wildman–Crippen LogP) is 26.2. The molecule has 0 bridgehead atoms. The van der Waals surface area contributed by atoms with Crippen molar-refractivity contribution in [2.45, 2.75) is 109 Å². The molecule has 5 fully saturated rings. The molecular formula is C100H83Br3Cl10N12O11.